The smallest absolute Gasteiger partial charge is 0.410 e. The van der Waals surface area contributed by atoms with Crippen molar-refractivity contribution < 1.29 is 9.53 Å². The summed E-state index contributed by atoms with van der Waals surface area (Å²) >= 11 is 0. The first kappa shape index (κ1) is 14.6. The van der Waals surface area contributed by atoms with Gasteiger partial charge in [0.05, 0.1) is 0 Å². The van der Waals surface area contributed by atoms with Crippen LogP contribution in [0.15, 0.2) is 0 Å². The molecule has 2 saturated heterocycles. The van der Waals surface area contributed by atoms with Gasteiger partial charge in [0.15, 0.2) is 0 Å². The molecule has 2 heterocycles. The zero-order valence-electron chi connectivity index (χ0n) is 12.4. The Morgan fingerprint density at radius 2 is 1.95 bits per heavy atom. The summed E-state index contributed by atoms with van der Waals surface area (Å²) in [6.07, 6.45) is 2.40. The minimum atomic E-state index is -0.401. The van der Waals surface area contributed by atoms with E-state index in [1.54, 1.807) is 0 Å². The van der Waals surface area contributed by atoms with Crippen molar-refractivity contribution in [3.63, 3.8) is 0 Å². The normalized spacial score (nSPS) is 25.6. The highest BCUT2D eigenvalue weighted by Crippen LogP contribution is 2.13. The molecule has 110 valence electrons. The molecule has 0 radical (unpaired) electrons. The molecule has 2 rings (SSSR count). The number of carbonyl (C=O) groups excluding carboxylic acids is 1. The van der Waals surface area contributed by atoms with Crippen molar-refractivity contribution in [2.24, 2.45) is 0 Å². The largest absolute Gasteiger partial charge is 0.444 e. The molecule has 0 aliphatic carbocycles. The minimum Gasteiger partial charge on any atom is -0.444 e. The number of hydrogen-bond donors (Lipinski definition) is 1. The monoisotopic (exact) mass is 269 g/mol. The summed E-state index contributed by atoms with van der Waals surface area (Å²) in [5.74, 6) is 0. The van der Waals surface area contributed by atoms with Crippen molar-refractivity contribution in [3.8, 4) is 0 Å². The highest BCUT2D eigenvalue weighted by molar-refractivity contribution is 5.68. The predicted octanol–water partition coefficient (Wildman–Crippen LogP) is 1.29. The molecule has 5 heteroatoms. The maximum Gasteiger partial charge on any atom is 0.410 e. The summed E-state index contributed by atoms with van der Waals surface area (Å²) < 4.78 is 5.40. The van der Waals surface area contributed by atoms with Gasteiger partial charge in [0, 0.05) is 38.8 Å². The van der Waals surface area contributed by atoms with Crippen LogP contribution in [0.1, 0.15) is 33.6 Å². The Kier molecular flexibility index (Phi) is 4.68. The minimum absolute atomic E-state index is 0.175. The molecule has 2 fully saturated rings. The third kappa shape index (κ3) is 4.66. The summed E-state index contributed by atoms with van der Waals surface area (Å²) in [5.41, 5.74) is -0.401. The van der Waals surface area contributed by atoms with Gasteiger partial charge in [-0.2, -0.15) is 0 Å². The Morgan fingerprint density at radius 3 is 2.47 bits per heavy atom. The van der Waals surface area contributed by atoms with Gasteiger partial charge in [-0.1, -0.05) is 0 Å². The number of piperazine rings is 1. The van der Waals surface area contributed by atoms with E-state index in [2.05, 4.69) is 10.2 Å². The third-order valence-corrected chi connectivity index (χ3v) is 3.66. The zero-order valence-corrected chi connectivity index (χ0v) is 12.4. The molecule has 1 unspecified atom stereocenters. The summed E-state index contributed by atoms with van der Waals surface area (Å²) in [7, 11) is 0. The predicted molar refractivity (Wildman–Crippen MR) is 75.3 cm³/mol. The molecule has 2 aliphatic rings. The van der Waals surface area contributed by atoms with Gasteiger partial charge in [-0.05, 0) is 40.2 Å². The molecule has 0 aromatic heterocycles. The number of nitrogens with one attached hydrogen (secondary N) is 1. The second-order valence-electron chi connectivity index (χ2n) is 6.56. The fourth-order valence-corrected chi connectivity index (χ4v) is 2.66. The Morgan fingerprint density at radius 1 is 1.26 bits per heavy atom. The lowest BCUT2D eigenvalue weighted by Gasteiger charge is -2.36. The van der Waals surface area contributed by atoms with Crippen molar-refractivity contribution in [1.82, 2.24) is 15.1 Å². The van der Waals surface area contributed by atoms with Crippen LogP contribution in [0.25, 0.3) is 0 Å². The van der Waals surface area contributed by atoms with Gasteiger partial charge < -0.3 is 15.0 Å². The Bertz CT molecular complexity index is 300. The first-order chi connectivity index (χ1) is 8.94. The molecule has 2 aliphatic heterocycles. The van der Waals surface area contributed by atoms with E-state index in [9.17, 15) is 4.79 Å². The van der Waals surface area contributed by atoms with Crippen molar-refractivity contribution in [3.05, 3.63) is 0 Å². The maximum atomic E-state index is 11.9. The van der Waals surface area contributed by atoms with Crippen LogP contribution in [-0.4, -0.2) is 66.8 Å². The molecule has 5 nitrogen and oxygen atoms in total. The van der Waals surface area contributed by atoms with E-state index in [0.717, 1.165) is 39.3 Å². The lowest BCUT2D eigenvalue weighted by Crippen LogP contribution is -2.52. The first-order valence-corrected chi connectivity index (χ1v) is 7.38. The van der Waals surface area contributed by atoms with E-state index in [4.69, 9.17) is 4.74 Å². The molecule has 1 N–H and O–H groups in total. The summed E-state index contributed by atoms with van der Waals surface area (Å²) in [6.45, 7) is 11.5. The van der Waals surface area contributed by atoms with Gasteiger partial charge in [0.2, 0.25) is 0 Å². The number of rotatable bonds is 2. The molecule has 0 aromatic rings. The molecule has 19 heavy (non-hydrogen) atoms. The van der Waals surface area contributed by atoms with Crippen molar-refractivity contribution >= 4 is 6.09 Å². The van der Waals surface area contributed by atoms with Crippen molar-refractivity contribution in [2.45, 2.75) is 45.3 Å². The first-order valence-electron chi connectivity index (χ1n) is 7.38. The number of amides is 1. The SMILES string of the molecule is CC(C)(C)OC(=O)N1CCN(CC2CCCN2)CC1. The summed E-state index contributed by atoms with van der Waals surface area (Å²) in [4.78, 5) is 16.2. The van der Waals surface area contributed by atoms with Crippen molar-refractivity contribution in [2.75, 3.05) is 39.3 Å². The van der Waals surface area contributed by atoms with Crippen molar-refractivity contribution in [1.29, 1.82) is 0 Å². The van der Waals surface area contributed by atoms with E-state index >= 15 is 0 Å². The van der Waals surface area contributed by atoms with Gasteiger partial charge in [-0.15, -0.1) is 0 Å². The summed E-state index contributed by atoms with van der Waals surface area (Å²) in [5, 5.41) is 3.52. The quantitative estimate of drug-likeness (QED) is 0.820. The van der Waals surface area contributed by atoms with Gasteiger partial charge in [-0.3, -0.25) is 4.90 Å². The highest BCUT2D eigenvalue weighted by Gasteiger charge is 2.27. The number of nitrogens with zero attached hydrogens (tertiary/aromatic N) is 2. The average Bonchev–Trinajstić information content (AvgIpc) is 2.80. The summed E-state index contributed by atoms with van der Waals surface area (Å²) in [6, 6.07) is 0.646. The van der Waals surface area contributed by atoms with E-state index in [-0.39, 0.29) is 6.09 Å². The molecule has 0 spiro atoms. The van der Waals surface area contributed by atoms with Gasteiger partial charge in [-0.25, -0.2) is 4.79 Å². The highest BCUT2D eigenvalue weighted by atomic mass is 16.6. The molecular formula is C14H27N3O2. The third-order valence-electron chi connectivity index (χ3n) is 3.66. The van der Waals surface area contributed by atoms with Crippen LogP contribution in [0.5, 0.6) is 0 Å². The van der Waals surface area contributed by atoms with Crippen LogP contribution in [0.4, 0.5) is 4.79 Å². The molecule has 0 bridgehead atoms. The average molecular weight is 269 g/mol. The second kappa shape index (κ2) is 6.09. The standard InChI is InChI=1S/C14H27N3O2/c1-14(2,3)19-13(18)17-9-7-16(8-10-17)11-12-5-4-6-15-12/h12,15H,4-11H2,1-3H3. The molecule has 0 aromatic carbocycles. The van der Waals surface area contributed by atoms with E-state index < -0.39 is 5.60 Å². The lowest BCUT2D eigenvalue weighted by molar-refractivity contribution is 0.0140. The van der Waals surface area contributed by atoms with Crippen LogP contribution < -0.4 is 5.32 Å². The fraction of sp³-hybridized carbons (Fsp3) is 0.929. The number of hydrogen-bond acceptors (Lipinski definition) is 4. The second-order valence-corrected chi connectivity index (χ2v) is 6.56. The molecule has 1 amide bonds. The zero-order chi connectivity index (χ0) is 13.9. The van der Waals surface area contributed by atoms with E-state index in [0.29, 0.717) is 6.04 Å². The molecule has 0 saturated carbocycles. The van der Waals surface area contributed by atoms with Crippen LogP contribution in [0, 0.1) is 0 Å². The van der Waals surface area contributed by atoms with Crippen LogP contribution in [0.2, 0.25) is 0 Å². The topological polar surface area (TPSA) is 44.8 Å². The molecule has 1 atom stereocenters. The Hall–Kier alpha value is -0.810. The van der Waals surface area contributed by atoms with Crippen LogP contribution in [-0.2, 0) is 4.74 Å². The Labute approximate surface area is 116 Å². The number of ether oxygens (including phenoxy) is 1. The van der Waals surface area contributed by atoms with Gasteiger partial charge >= 0.3 is 6.09 Å². The Balaban J connectivity index is 1.71. The lowest BCUT2D eigenvalue weighted by atomic mass is 10.2. The maximum absolute atomic E-state index is 11.9. The van der Waals surface area contributed by atoms with E-state index in [1.165, 1.54) is 12.8 Å². The van der Waals surface area contributed by atoms with Gasteiger partial charge in [0.1, 0.15) is 5.60 Å². The van der Waals surface area contributed by atoms with E-state index in [1.807, 2.05) is 25.7 Å². The van der Waals surface area contributed by atoms with Crippen LogP contribution >= 0.6 is 0 Å². The van der Waals surface area contributed by atoms with Crippen LogP contribution in [0.3, 0.4) is 0 Å². The number of carbonyl (C=O) groups is 1. The molecular weight excluding hydrogens is 242 g/mol. The fourth-order valence-electron chi connectivity index (χ4n) is 2.66. The van der Waals surface area contributed by atoms with Gasteiger partial charge in [0.25, 0.3) is 0 Å².